The number of aliphatic hydroxyl groups is 1. The van der Waals surface area contributed by atoms with Crippen LogP contribution in [-0.4, -0.2) is 23.7 Å². The maximum atomic E-state index is 11.5. The van der Waals surface area contributed by atoms with Crippen molar-refractivity contribution in [2.24, 2.45) is 0 Å². The highest BCUT2D eigenvalue weighted by Gasteiger charge is 2.06. The highest BCUT2D eigenvalue weighted by Crippen LogP contribution is 2.17. The van der Waals surface area contributed by atoms with Crippen LogP contribution in [0.5, 0.6) is 0 Å². The lowest BCUT2D eigenvalue weighted by molar-refractivity contribution is -0.121. The minimum absolute atomic E-state index is 0.0396. The number of halogens is 1. The number of amides is 1. The third-order valence-corrected chi connectivity index (χ3v) is 2.97. The zero-order chi connectivity index (χ0) is 12.8. The molecule has 4 heteroatoms. The molecule has 1 atom stereocenters. The van der Waals surface area contributed by atoms with Gasteiger partial charge in [0.1, 0.15) is 0 Å². The van der Waals surface area contributed by atoms with Crippen molar-refractivity contribution >= 4 is 17.5 Å². The number of hydrogen-bond acceptors (Lipinski definition) is 2. The van der Waals surface area contributed by atoms with Crippen LogP contribution in [0.4, 0.5) is 0 Å². The Hall–Kier alpha value is -1.06. The maximum absolute atomic E-state index is 11.5. The molecule has 0 spiro atoms. The third-order valence-electron chi connectivity index (χ3n) is 2.56. The fraction of sp³-hybridized carbons (Fsp3) is 0.462. The van der Waals surface area contributed by atoms with Gasteiger partial charge in [0, 0.05) is 17.5 Å². The zero-order valence-corrected chi connectivity index (χ0v) is 10.9. The zero-order valence-electron chi connectivity index (χ0n) is 10.2. The Kier molecular flexibility index (Phi) is 5.45. The average Bonchev–Trinajstić information content (AvgIpc) is 2.30. The topological polar surface area (TPSA) is 49.3 Å². The van der Waals surface area contributed by atoms with Crippen molar-refractivity contribution in [3.63, 3.8) is 0 Å². The normalized spacial score (nSPS) is 12.2. The summed E-state index contributed by atoms with van der Waals surface area (Å²) in [6, 6.07) is 5.62. The van der Waals surface area contributed by atoms with E-state index in [1.165, 1.54) is 0 Å². The van der Waals surface area contributed by atoms with Gasteiger partial charge in [-0.25, -0.2) is 0 Å². The second kappa shape index (κ2) is 6.62. The first-order valence-corrected chi connectivity index (χ1v) is 6.06. The van der Waals surface area contributed by atoms with Gasteiger partial charge >= 0.3 is 0 Å². The summed E-state index contributed by atoms with van der Waals surface area (Å²) in [5, 5.41) is 12.2. The van der Waals surface area contributed by atoms with Crippen LogP contribution in [0, 0.1) is 6.92 Å². The Bertz CT molecular complexity index is 393. The third kappa shape index (κ3) is 4.75. The van der Waals surface area contributed by atoms with Crippen LogP contribution in [-0.2, 0) is 11.2 Å². The molecule has 0 saturated carbocycles. The Morgan fingerprint density at radius 1 is 1.53 bits per heavy atom. The van der Waals surface area contributed by atoms with E-state index in [0.29, 0.717) is 12.8 Å². The smallest absolute Gasteiger partial charge is 0.220 e. The van der Waals surface area contributed by atoms with E-state index in [9.17, 15) is 4.79 Å². The number of rotatable bonds is 5. The summed E-state index contributed by atoms with van der Waals surface area (Å²) < 4.78 is 0. The van der Waals surface area contributed by atoms with Crippen molar-refractivity contribution in [1.29, 1.82) is 0 Å². The minimum Gasteiger partial charge on any atom is -0.394 e. The predicted octanol–water partition coefficient (Wildman–Crippen LogP) is 2.08. The van der Waals surface area contributed by atoms with Gasteiger partial charge in [0.05, 0.1) is 6.61 Å². The lowest BCUT2D eigenvalue weighted by Gasteiger charge is -2.10. The second-order valence-electron chi connectivity index (χ2n) is 4.23. The van der Waals surface area contributed by atoms with Crippen molar-refractivity contribution in [1.82, 2.24) is 5.32 Å². The van der Waals surface area contributed by atoms with Crippen LogP contribution in [0.1, 0.15) is 24.5 Å². The lowest BCUT2D eigenvalue weighted by Crippen LogP contribution is -2.35. The summed E-state index contributed by atoms with van der Waals surface area (Å²) in [5.41, 5.74) is 2.08. The quantitative estimate of drug-likeness (QED) is 0.846. The Morgan fingerprint density at radius 2 is 2.24 bits per heavy atom. The molecule has 0 aliphatic heterocycles. The first-order valence-electron chi connectivity index (χ1n) is 5.68. The van der Waals surface area contributed by atoms with E-state index in [1.807, 2.05) is 25.1 Å². The maximum Gasteiger partial charge on any atom is 0.220 e. The van der Waals surface area contributed by atoms with Crippen molar-refractivity contribution in [3.8, 4) is 0 Å². The Labute approximate surface area is 107 Å². The molecule has 1 amide bonds. The highest BCUT2D eigenvalue weighted by atomic mass is 35.5. The molecule has 0 heterocycles. The number of aryl methyl sites for hydroxylation is 2. The molecule has 0 radical (unpaired) electrons. The largest absolute Gasteiger partial charge is 0.394 e. The number of benzene rings is 1. The van der Waals surface area contributed by atoms with Crippen LogP contribution >= 0.6 is 11.6 Å². The molecule has 17 heavy (non-hydrogen) atoms. The summed E-state index contributed by atoms with van der Waals surface area (Å²) in [6.45, 7) is 3.67. The molecule has 0 aliphatic rings. The summed E-state index contributed by atoms with van der Waals surface area (Å²) in [5.74, 6) is -0.0525. The molecule has 0 aromatic heterocycles. The van der Waals surface area contributed by atoms with Crippen molar-refractivity contribution in [2.45, 2.75) is 32.7 Å². The van der Waals surface area contributed by atoms with Gasteiger partial charge in [0.2, 0.25) is 5.91 Å². The Balaban J connectivity index is 2.45. The van der Waals surface area contributed by atoms with Crippen molar-refractivity contribution in [3.05, 3.63) is 34.3 Å². The summed E-state index contributed by atoms with van der Waals surface area (Å²) >= 11 is 6.00. The molecule has 94 valence electrons. The molecule has 0 aliphatic carbocycles. The molecule has 0 fully saturated rings. The van der Waals surface area contributed by atoms with Crippen molar-refractivity contribution < 1.29 is 9.90 Å². The molecule has 1 aromatic rings. The first-order chi connectivity index (χ1) is 8.02. The standard InChI is InChI=1S/C13H18ClNO2/c1-9-3-4-11(7-12(9)14)5-6-13(17)15-10(2)8-16/h3-4,7,10,16H,5-6,8H2,1-2H3,(H,15,17)/t10-/m1/s1. The van der Waals surface area contributed by atoms with Gasteiger partial charge in [-0.3, -0.25) is 4.79 Å². The predicted molar refractivity (Wildman–Crippen MR) is 69.2 cm³/mol. The number of aliphatic hydroxyl groups excluding tert-OH is 1. The first kappa shape index (κ1) is 14.0. The average molecular weight is 256 g/mol. The highest BCUT2D eigenvalue weighted by molar-refractivity contribution is 6.31. The number of hydrogen-bond donors (Lipinski definition) is 2. The number of carbonyl (C=O) groups excluding carboxylic acids is 1. The van der Waals surface area contributed by atoms with E-state index >= 15 is 0 Å². The van der Waals surface area contributed by atoms with Crippen LogP contribution in [0.3, 0.4) is 0 Å². The summed E-state index contributed by atoms with van der Waals surface area (Å²) in [7, 11) is 0. The fourth-order valence-electron chi connectivity index (χ4n) is 1.44. The van der Waals surface area contributed by atoms with E-state index in [4.69, 9.17) is 16.7 Å². The van der Waals surface area contributed by atoms with Crippen molar-refractivity contribution in [2.75, 3.05) is 6.61 Å². The Morgan fingerprint density at radius 3 is 2.82 bits per heavy atom. The minimum atomic E-state index is -0.191. The molecule has 0 bridgehead atoms. The molecule has 0 unspecified atom stereocenters. The molecule has 3 nitrogen and oxygen atoms in total. The van der Waals surface area contributed by atoms with E-state index in [-0.39, 0.29) is 18.6 Å². The molecule has 0 saturated heterocycles. The lowest BCUT2D eigenvalue weighted by atomic mass is 10.1. The molecular weight excluding hydrogens is 238 g/mol. The van der Waals surface area contributed by atoms with Crippen LogP contribution in [0.25, 0.3) is 0 Å². The van der Waals surface area contributed by atoms with E-state index in [0.717, 1.165) is 16.1 Å². The van der Waals surface area contributed by atoms with Crippen LogP contribution in [0.2, 0.25) is 5.02 Å². The van der Waals surface area contributed by atoms with Gasteiger partial charge in [0.25, 0.3) is 0 Å². The molecular formula is C13H18ClNO2. The van der Waals surface area contributed by atoms with Crippen LogP contribution in [0.15, 0.2) is 18.2 Å². The molecule has 1 aromatic carbocycles. The van der Waals surface area contributed by atoms with Gasteiger partial charge in [-0.05, 0) is 37.5 Å². The number of nitrogens with one attached hydrogen (secondary N) is 1. The van der Waals surface area contributed by atoms with E-state index in [1.54, 1.807) is 6.92 Å². The van der Waals surface area contributed by atoms with Gasteiger partial charge in [-0.1, -0.05) is 23.7 Å². The molecule has 1 rings (SSSR count). The summed E-state index contributed by atoms with van der Waals surface area (Å²) in [6.07, 6.45) is 1.06. The van der Waals surface area contributed by atoms with Gasteiger partial charge < -0.3 is 10.4 Å². The van der Waals surface area contributed by atoms with E-state index < -0.39 is 0 Å². The number of carbonyl (C=O) groups is 1. The fourth-order valence-corrected chi connectivity index (χ4v) is 1.65. The van der Waals surface area contributed by atoms with Gasteiger partial charge in [-0.15, -0.1) is 0 Å². The molecule has 2 N–H and O–H groups in total. The van der Waals surface area contributed by atoms with Gasteiger partial charge in [0.15, 0.2) is 0 Å². The second-order valence-corrected chi connectivity index (χ2v) is 4.64. The van der Waals surface area contributed by atoms with E-state index in [2.05, 4.69) is 5.32 Å². The van der Waals surface area contributed by atoms with Gasteiger partial charge in [-0.2, -0.15) is 0 Å². The SMILES string of the molecule is Cc1ccc(CCC(=O)N[C@H](C)CO)cc1Cl. The van der Waals surface area contributed by atoms with Crippen LogP contribution < -0.4 is 5.32 Å². The monoisotopic (exact) mass is 255 g/mol. The summed E-state index contributed by atoms with van der Waals surface area (Å²) in [4.78, 5) is 11.5.